The number of nitrogens with two attached hydrogens (primary N) is 1. The van der Waals surface area contributed by atoms with E-state index >= 15 is 4.39 Å². The van der Waals surface area contributed by atoms with Gasteiger partial charge in [0.15, 0.2) is 5.82 Å². The molecule has 3 aliphatic heterocycles. The van der Waals surface area contributed by atoms with Crippen molar-refractivity contribution in [3.05, 3.63) is 40.4 Å². The monoisotopic (exact) mass is 609 g/mol. The lowest BCUT2D eigenvalue weighted by Crippen LogP contribution is -2.51. The average Bonchev–Trinajstić information content (AvgIpc) is 3.60. The first kappa shape index (κ1) is 27.5. The van der Waals surface area contributed by atoms with Crippen LogP contribution in [0.2, 0.25) is 5.02 Å². The van der Waals surface area contributed by atoms with Gasteiger partial charge in [-0.3, -0.25) is 4.90 Å². The van der Waals surface area contributed by atoms with Crippen LogP contribution in [0.4, 0.5) is 19.6 Å². The number of benzene rings is 2. The Balaban J connectivity index is 1.39. The maximum Gasteiger partial charge on any atom is 0.319 e. The number of nitrogens with one attached hydrogen (secondary N) is 1. The molecule has 12 heteroatoms. The van der Waals surface area contributed by atoms with Crippen molar-refractivity contribution in [2.45, 2.75) is 44.3 Å². The van der Waals surface area contributed by atoms with Crippen molar-refractivity contribution >= 4 is 54.7 Å². The number of aromatic nitrogens is 2. The number of rotatable bonds is 5. The summed E-state index contributed by atoms with van der Waals surface area (Å²) >= 11 is 7.77. The van der Waals surface area contributed by atoms with Gasteiger partial charge in [0.1, 0.15) is 34.8 Å². The molecule has 3 N–H and O–H groups in total. The van der Waals surface area contributed by atoms with Crippen LogP contribution in [0.1, 0.15) is 31.7 Å². The third-order valence-corrected chi connectivity index (χ3v) is 10.2. The standard InChI is InChI=1S/C30H30ClF2N7OS/c1-14-7-17(39(2)10-14)13-41-30-37-26-19(29(38-30)40-11-15-3-4-16(12-40)36-15)8-21(31)24(25(26)33)18-5-6-22(32)27-23(18)20(9-34)28(35)42-27/h5-6,8,14-17,36H,3-4,7,10-13,35H2,1-2H3/t14-,15?,16?,17+/m1/s1. The fourth-order valence-corrected chi connectivity index (χ4v) is 8.16. The molecule has 7 rings (SSSR count). The summed E-state index contributed by atoms with van der Waals surface area (Å²) in [7, 11) is 2.07. The number of anilines is 2. The lowest BCUT2D eigenvalue weighted by atomic mass is 9.97. The van der Waals surface area contributed by atoms with Gasteiger partial charge in [-0.2, -0.15) is 15.2 Å². The van der Waals surface area contributed by atoms with Gasteiger partial charge in [0.05, 0.1) is 15.3 Å². The van der Waals surface area contributed by atoms with Crippen LogP contribution in [-0.4, -0.2) is 66.3 Å². The smallest absolute Gasteiger partial charge is 0.319 e. The molecule has 0 radical (unpaired) electrons. The largest absolute Gasteiger partial charge is 0.462 e. The highest BCUT2D eigenvalue weighted by Crippen LogP contribution is 2.46. The molecule has 2 bridgehead atoms. The second-order valence-corrected chi connectivity index (χ2v) is 13.3. The zero-order chi connectivity index (χ0) is 29.3. The fraction of sp³-hybridized carbons (Fsp3) is 0.433. The molecule has 0 aliphatic carbocycles. The van der Waals surface area contributed by atoms with Gasteiger partial charge in [0.25, 0.3) is 0 Å². The number of hydrogen-bond donors (Lipinski definition) is 2. The topological polar surface area (TPSA) is 103 Å². The van der Waals surface area contributed by atoms with Crippen molar-refractivity contribution in [1.82, 2.24) is 20.2 Å². The molecule has 3 saturated heterocycles. The molecule has 4 atom stereocenters. The van der Waals surface area contributed by atoms with Crippen molar-refractivity contribution in [2.24, 2.45) is 5.92 Å². The Bertz CT molecular complexity index is 1760. The van der Waals surface area contributed by atoms with E-state index in [1.165, 1.54) is 12.1 Å². The van der Waals surface area contributed by atoms with Crippen molar-refractivity contribution < 1.29 is 13.5 Å². The summed E-state index contributed by atoms with van der Waals surface area (Å²) in [5.74, 6) is -0.0795. The fourth-order valence-electron chi connectivity index (χ4n) is 6.92. The molecule has 2 aromatic carbocycles. The van der Waals surface area contributed by atoms with Crippen molar-refractivity contribution in [3.8, 4) is 23.2 Å². The number of hydrogen-bond acceptors (Lipinski definition) is 9. The molecule has 5 heterocycles. The van der Waals surface area contributed by atoms with Crippen LogP contribution >= 0.6 is 22.9 Å². The quantitative estimate of drug-likeness (QED) is 0.303. The number of halogens is 3. The van der Waals surface area contributed by atoms with Crippen molar-refractivity contribution in [2.75, 3.05) is 43.9 Å². The highest BCUT2D eigenvalue weighted by Gasteiger charge is 2.35. The summed E-state index contributed by atoms with van der Waals surface area (Å²) in [5, 5.41) is 14.4. The second kappa shape index (κ2) is 10.5. The van der Waals surface area contributed by atoms with Crippen LogP contribution in [0.3, 0.4) is 0 Å². The number of nitrogen functional groups attached to an aromatic ring is 1. The minimum absolute atomic E-state index is 0.0313. The molecule has 0 amide bonds. The molecule has 42 heavy (non-hydrogen) atoms. The molecule has 0 spiro atoms. The number of ether oxygens (including phenoxy) is 1. The van der Waals surface area contributed by atoms with Gasteiger partial charge in [0.2, 0.25) is 0 Å². The molecule has 2 aromatic heterocycles. The molecule has 3 fully saturated rings. The summed E-state index contributed by atoms with van der Waals surface area (Å²) in [5.41, 5.74) is 6.52. The van der Waals surface area contributed by atoms with Gasteiger partial charge in [-0.05, 0) is 49.9 Å². The Morgan fingerprint density at radius 2 is 1.98 bits per heavy atom. The van der Waals surface area contributed by atoms with E-state index in [2.05, 4.69) is 34.1 Å². The number of nitrogens with zero attached hydrogens (tertiary/aromatic N) is 5. The van der Waals surface area contributed by atoms with Gasteiger partial charge in [-0.25, -0.2) is 8.78 Å². The summed E-state index contributed by atoms with van der Waals surface area (Å²) in [4.78, 5) is 13.8. The van der Waals surface area contributed by atoms with Gasteiger partial charge >= 0.3 is 6.01 Å². The Kier molecular flexibility index (Phi) is 6.85. The number of likely N-dealkylation sites (N-methyl/N-ethyl adjacent to an activating group) is 1. The van der Waals surface area contributed by atoms with Crippen LogP contribution in [0.5, 0.6) is 6.01 Å². The van der Waals surface area contributed by atoms with E-state index in [1.807, 2.05) is 6.07 Å². The minimum Gasteiger partial charge on any atom is -0.462 e. The van der Waals surface area contributed by atoms with E-state index < -0.39 is 11.6 Å². The van der Waals surface area contributed by atoms with Crippen LogP contribution in [-0.2, 0) is 0 Å². The van der Waals surface area contributed by atoms with Crippen LogP contribution in [0.15, 0.2) is 18.2 Å². The zero-order valence-corrected chi connectivity index (χ0v) is 24.8. The zero-order valence-electron chi connectivity index (χ0n) is 23.3. The van der Waals surface area contributed by atoms with E-state index in [9.17, 15) is 9.65 Å². The Morgan fingerprint density at radius 1 is 1.21 bits per heavy atom. The third kappa shape index (κ3) is 4.52. The van der Waals surface area contributed by atoms with Gasteiger partial charge in [-0.1, -0.05) is 24.6 Å². The van der Waals surface area contributed by atoms with Crippen molar-refractivity contribution in [3.63, 3.8) is 0 Å². The first-order valence-electron chi connectivity index (χ1n) is 14.2. The Hall–Kier alpha value is -3.30. The van der Waals surface area contributed by atoms with Crippen molar-refractivity contribution in [1.29, 1.82) is 5.26 Å². The maximum absolute atomic E-state index is 16.8. The summed E-state index contributed by atoms with van der Waals surface area (Å²) in [6.07, 6.45) is 3.15. The van der Waals surface area contributed by atoms with Gasteiger partial charge < -0.3 is 20.7 Å². The van der Waals surface area contributed by atoms with Crippen LogP contribution in [0.25, 0.3) is 32.1 Å². The number of piperazine rings is 1. The highest BCUT2D eigenvalue weighted by atomic mass is 35.5. The average molecular weight is 610 g/mol. The van der Waals surface area contributed by atoms with Crippen LogP contribution < -0.4 is 20.7 Å². The van der Waals surface area contributed by atoms with Gasteiger partial charge in [0, 0.05) is 54.1 Å². The SMILES string of the molecule is C[C@@H]1C[C@@H](COc2nc(N3CC4CCC(C3)N4)c3cc(Cl)c(-c4ccc(F)c5sc(N)c(C#N)c45)c(F)c3n2)N(C)C1. The lowest BCUT2D eigenvalue weighted by molar-refractivity contribution is 0.188. The Labute approximate surface area is 251 Å². The molecular weight excluding hydrogens is 580 g/mol. The van der Waals surface area contributed by atoms with E-state index in [-0.39, 0.29) is 54.4 Å². The van der Waals surface area contributed by atoms with Crippen LogP contribution in [0, 0.1) is 28.9 Å². The normalized spacial score (nSPS) is 24.1. The number of thiophene rings is 1. The molecule has 0 saturated carbocycles. The molecule has 3 aliphatic rings. The predicted molar refractivity (Wildman–Crippen MR) is 162 cm³/mol. The Morgan fingerprint density at radius 3 is 2.67 bits per heavy atom. The molecule has 8 nitrogen and oxygen atoms in total. The maximum atomic E-state index is 16.8. The molecule has 2 unspecified atom stereocenters. The summed E-state index contributed by atoms with van der Waals surface area (Å²) in [6.45, 7) is 5.04. The molecule has 4 aromatic rings. The first-order valence-corrected chi connectivity index (χ1v) is 15.4. The molecule has 218 valence electrons. The van der Waals surface area contributed by atoms with E-state index in [0.29, 0.717) is 35.8 Å². The third-order valence-electron chi connectivity index (χ3n) is 8.86. The number of fused-ring (bicyclic) bond motifs is 4. The molecular formula is C30H30ClF2N7OS. The summed E-state index contributed by atoms with van der Waals surface area (Å²) < 4.78 is 37.9. The summed E-state index contributed by atoms with van der Waals surface area (Å²) in [6, 6.07) is 7.36. The predicted octanol–water partition coefficient (Wildman–Crippen LogP) is 5.56. The first-order chi connectivity index (χ1) is 20.2. The highest BCUT2D eigenvalue weighted by molar-refractivity contribution is 7.23. The second-order valence-electron chi connectivity index (χ2n) is 11.8. The van der Waals surface area contributed by atoms with E-state index in [4.69, 9.17) is 27.1 Å². The number of likely N-dealkylation sites (tertiary alicyclic amines) is 1. The van der Waals surface area contributed by atoms with E-state index in [0.717, 1.165) is 50.2 Å². The number of nitriles is 1. The van der Waals surface area contributed by atoms with Gasteiger partial charge in [-0.15, -0.1) is 11.3 Å². The lowest BCUT2D eigenvalue weighted by Gasteiger charge is -2.34. The van der Waals surface area contributed by atoms with E-state index in [1.54, 1.807) is 6.07 Å². The minimum atomic E-state index is -0.683.